The van der Waals surface area contributed by atoms with E-state index in [-0.39, 0.29) is 0 Å². The number of carbonyl (C=O) groups excluding carboxylic acids is 1. The van der Waals surface area contributed by atoms with Crippen LogP contribution in [0.5, 0.6) is 0 Å². The van der Waals surface area contributed by atoms with Gasteiger partial charge in [-0.2, -0.15) is 0 Å². The van der Waals surface area contributed by atoms with Crippen molar-refractivity contribution < 1.29 is 9.21 Å². The topological polar surface area (TPSA) is 45.5 Å². The number of amides is 1. The highest BCUT2D eigenvalue weighted by Gasteiger charge is 2.34. The molecular weight excluding hydrogens is 264 g/mol. The van der Waals surface area contributed by atoms with Crippen LogP contribution in [0.1, 0.15) is 44.8 Å². The third kappa shape index (κ3) is 4.10. The second-order valence-electron chi connectivity index (χ2n) is 6.56. The molecule has 2 fully saturated rings. The van der Waals surface area contributed by atoms with Gasteiger partial charge in [0.25, 0.3) is 0 Å². The maximum Gasteiger partial charge on any atom is 0.225 e. The molecule has 1 N–H and O–H groups in total. The lowest BCUT2D eigenvalue weighted by molar-refractivity contribution is -0.133. The maximum atomic E-state index is 12.0. The average Bonchev–Trinajstić information content (AvgIpc) is 3.22. The minimum Gasteiger partial charge on any atom is -0.469 e. The molecule has 1 unspecified atom stereocenters. The molecule has 21 heavy (non-hydrogen) atoms. The summed E-state index contributed by atoms with van der Waals surface area (Å²) in [5, 5.41) is 3.71. The van der Waals surface area contributed by atoms with E-state index in [9.17, 15) is 4.79 Å². The zero-order chi connectivity index (χ0) is 14.7. The van der Waals surface area contributed by atoms with E-state index in [1.54, 1.807) is 6.26 Å². The van der Waals surface area contributed by atoms with Crippen LogP contribution in [-0.4, -0.2) is 36.0 Å². The molecule has 1 aliphatic carbocycles. The summed E-state index contributed by atoms with van der Waals surface area (Å²) in [6.07, 6.45) is 8.21. The monoisotopic (exact) mass is 290 g/mol. The van der Waals surface area contributed by atoms with Gasteiger partial charge in [0, 0.05) is 37.5 Å². The lowest BCUT2D eigenvalue weighted by atomic mass is 10.0. The van der Waals surface area contributed by atoms with Crippen molar-refractivity contribution in [1.29, 1.82) is 0 Å². The molecule has 1 amide bonds. The summed E-state index contributed by atoms with van der Waals surface area (Å²) in [6, 6.07) is 5.03. The first-order valence-corrected chi connectivity index (χ1v) is 8.29. The Morgan fingerprint density at radius 2 is 2.14 bits per heavy atom. The van der Waals surface area contributed by atoms with Crippen molar-refractivity contribution in [3.8, 4) is 0 Å². The molecule has 0 aromatic carbocycles. The fraction of sp³-hybridized carbons (Fsp3) is 0.706. The van der Waals surface area contributed by atoms with Crippen LogP contribution in [0, 0.1) is 5.92 Å². The highest BCUT2D eigenvalue weighted by Crippen LogP contribution is 2.31. The molecule has 0 bridgehead atoms. The Morgan fingerprint density at radius 1 is 1.38 bits per heavy atom. The van der Waals surface area contributed by atoms with Crippen LogP contribution in [0.15, 0.2) is 22.8 Å². The molecule has 1 atom stereocenters. The van der Waals surface area contributed by atoms with Gasteiger partial charge in [-0.1, -0.05) is 0 Å². The SMILES string of the molecule is CC(CCc1ccco1)NC1CCN(C(=O)C2CC2)CC1. The third-order valence-corrected chi connectivity index (χ3v) is 4.66. The van der Waals surface area contributed by atoms with E-state index in [4.69, 9.17) is 4.42 Å². The van der Waals surface area contributed by atoms with Gasteiger partial charge in [0.05, 0.1) is 6.26 Å². The summed E-state index contributed by atoms with van der Waals surface area (Å²) < 4.78 is 5.37. The Bertz CT molecular complexity index is 445. The molecule has 0 spiro atoms. The number of piperidine rings is 1. The Balaban J connectivity index is 1.35. The summed E-state index contributed by atoms with van der Waals surface area (Å²) in [4.78, 5) is 14.1. The van der Waals surface area contributed by atoms with Gasteiger partial charge in [0.2, 0.25) is 5.91 Å². The first kappa shape index (κ1) is 14.6. The molecule has 1 aromatic rings. The van der Waals surface area contributed by atoms with E-state index in [0.717, 1.165) is 57.4 Å². The van der Waals surface area contributed by atoms with E-state index >= 15 is 0 Å². The largest absolute Gasteiger partial charge is 0.469 e. The number of furan rings is 1. The van der Waals surface area contributed by atoms with Crippen molar-refractivity contribution in [2.24, 2.45) is 5.92 Å². The summed E-state index contributed by atoms with van der Waals surface area (Å²) >= 11 is 0. The molecule has 4 nitrogen and oxygen atoms in total. The van der Waals surface area contributed by atoms with Gasteiger partial charge < -0.3 is 14.6 Å². The van der Waals surface area contributed by atoms with Gasteiger partial charge in [0.1, 0.15) is 5.76 Å². The molecule has 2 aliphatic rings. The number of hydrogen-bond acceptors (Lipinski definition) is 3. The Hall–Kier alpha value is -1.29. The standard InChI is InChI=1S/C17H26N2O2/c1-13(4-7-16-3-2-12-21-16)18-15-8-10-19(11-9-15)17(20)14-5-6-14/h2-3,12-15,18H,4-11H2,1H3. The predicted octanol–water partition coefficient (Wildman–Crippen LogP) is 2.59. The van der Waals surface area contributed by atoms with Crippen molar-refractivity contribution in [1.82, 2.24) is 10.2 Å². The van der Waals surface area contributed by atoms with Crippen LogP contribution in [0.2, 0.25) is 0 Å². The van der Waals surface area contributed by atoms with Gasteiger partial charge in [-0.05, 0) is 51.2 Å². The van der Waals surface area contributed by atoms with Crippen LogP contribution in [0.4, 0.5) is 0 Å². The highest BCUT2D eigenvalue weighted by molar-refractivity contribution is 5.81. The van der Waals surface area contributed by atoms with Crippen molar-refractivity contribution in [3.63, 3.8) is 0 Å². The molecule has 2 heterocycles. The predicted molar refractivity (Wildman–Crippen MR) is 82.0 cm³/mol. The number of hydrogen-bond donors (Lipinski definition) is 1. The minimum absolute atomic E-state index is 0.363. The quantitative estimate of drug-likeness (QED) is 0.876. The lowest BCUT2D eigenvalue weighted by Crippen LogP contribution is -2.47. The fourth-order valence-corrected chi connectivity index (χ4v) is 3.15. The van der Waals surface area contributed by atoms with E-state index in [2.05, 4.69) is 17.1 Å². The summed E-state index contributed by atoms with van der Waals surface area (Å²) in [5.41, 5.74) is 0. The average molecular weight is 290 g/mol. The van der Waals surface area contributed by atoms with Gasteiger partial charge in [-0.3, -0.25) is 4.79 Å². The van der Waals surface area contributed by atoms with E-state index in [0.29, 0.717) is 23.9 Å². The van der Waals surface area contributed by atoms with E-state index in [1.807, 2.05) is 12.1 Å². The number of likely N-dealkylation sites (tertiary alicyclic amines) is 1. The number of nitrogens with zero attached hydrogens (tertiary/aromatic N) is 1. The lowest BCUT2D eigenvalue weighted by Gasteiger charge is -2.34. The molecule has 3 rings (SSSR count). The normalized spacial score (nSPS) is 21.5. The van der Waals surface area contributed by atoms with Crippen LogP contribution in [0.3, 0.4) is 0 Å². The minimum atomic E-state index is 0.363. The van der Waals surface area contributed by atoms with E-state index in [1.165, 1.54) is 0 Å². The second-order valence-corrected chi connectivity index (χ2v) is 6.56. The zero-order valence-electron chi connectivity index (χ0n) is 12.9. The Morgan fingerprint density at radius 3 is 2.76 bits per heavy atom. The van der Waals surface area contributed by atoms with Crippen LogP contribution in [0.25, 0.3) is 0 Å². The van der Waals surface area contributed by atoms with Gasteiger partial charge >= 0.3 is 0 Å². The molecular formula is C17H26N2O2. The van der Waals surface area contributed by atoms with Gasteiger partial charge in [-0.15, -0.1) is 0 Å². The highest BCUT2D eigenvalue weighted by atomic mass is 16.3. The summed E-state index contributed by atoms with van der Waals surface area (Å²) in [5.74, 6) is 1.83. The zero-order valence-corrected chi connectivity index (χ0v) is 12.9. The molecule has 116 valence electrons. The number of rotatable bonds is 6. The first-order valence-electron chi connectivity index (χ1n) is 8.29. The van der Waals surface area contributed by atoms with Crippen LogP contribution >= 0.6 is 0 Å². The summed E-state index contributed by atoms with van der Waals surface area (Å²) in [7, 11) is 0. The Kier molecular flexibility index (Phi) is 4.63. The summed E-state index contributed by atoms with van der Waals surface area (Å²) in [6.45, 7) is 4.10. The molecule has 1 saturated heterocycles. The maximum absolute atomic E-state index is 12.0. The van der Waals surface area contributed by atoms with Crippen molar-refractivity contribution in [2.45, 2.75) is 57.5 Å². The van der Waals surface area contributed by atoms with Gasteiger partial charge in [-0.25, -0.2) is 0 Å². The molecule has 1 aromatic heterocycles. The Labute approximate surface area is 126 Å². The molecule has 1 saturated carbocycles. The number of nitrogens with one attached hydrogen (secondary N) is 1. The second kappa shape index (κ2) is 6.65. The van der Waals surface area contributed by atoms with Crippen LogP contribution < -0.4 is 5.32 Å². The van der Waals surface area contributed by atoms with E-state index < -0.39 is 0 Å². The fourth-order valence-electron chi connectivity index (χ4n) is 3.15. The number of aryl methyl sites for hydroxylation is 1. The number of carbonyl (C=O) groups is 1. The van der Waals surface area contributed by atoms with Crippen molar-refractivity contribution in [2.75, 3.05) is 13.1 Å². The van der Waals surface area contributed by atoms with Crippen LogP contribution in [-0.2, 0) is 11.2 Å². The smallest absolute Gasteiger partial charge is 0.225 e. The van der Waals surface area contributed by atoms with Crippen molar-refractivity contribution >= 4 is 5.91 Å². The molecule has 1 aliphatic heterocycles. The molecule has 4 heteroatoms. The first-order chi connectivity index (χ1) is 10.2. The van der Waals surface area contributed by atoms with Gasteiger partial charge in [0.15, 0.2) is 0 Å². The van der Waals surface area contributed by atoms with Crippen molar-refractivity contribution in [3.05, 3.63) is 24.2 Å². The molecule has 0 radical (unpaired) electrons. The third-order valence-electron chi connectivity index (χ3n) is 4.66.